The summed E-state index contributed by atoms with van der Waals surface area (Å²) in [6, 6.07) is 12.4. The van der Waals surface area contributed by atoms with Gasteiger partial charge in [0, 0.05) is 27.7 Å². The third-order valence-electron chi connectivity index (χ3n) is 6.46. The Balaban J connectivity index is 2.00. The molecule has 11 heteroatoms. The summed E-state index contributed by atoms with van der Waals surface area (Å²) in [6.45, 7) is 6.98. The molecule has 5 atom stereocenters. The largest absolute Gasteiger partial charge is 0.493 e. The van der Waals surface area contributed by atoms with Gasteiger partial charge in [-0.2, -0.15) is 0 Å². The molecular weight excluding hydrogens is 548 g/mol. The zero-order chi connectivity index (χ0) is 30.8. The van der Waals surface area contributed by atoms with E-state index in [0.29, 0.717) is 23.5 Å². The van der Waals surface area contributed by atoms with Gasteiger partial charge in [-0.05, 0) is 35.2 Å². The summed E-state index contributed by atoms with van der Waals surface area (Å²) >= 11 is 0. The number of rotatable bonds is 12. The predicted octanol–water partition coefficient (Wildman–Crippen LogP) is 4.14. The molecule has 0 saturated carbocycles. The van der Waals surface area contributed by atoms with E-state index < -0.39 is 54.4 Å². The van der Waals surface area contributed by atoms with Crippen LogP contribution in [0.25, 0.3) is 11.1 Å². The Morgan fingerprint density at radius 1 is 0.786 bits per heavy atom. The van der Waals surface area contributed by atoms with Gasteiger partial charge in [-0.15, -0.1) is 0 Å². The normalized spacial score (nSPS) is 21.5. The van der Waals surface area contributed by atoms with Gasteiger partial charge in [0.2, 0.25) is 0 Å². The van der Waals surface area contributed by atoms with Crippen LogP contribution in [0, 0.1) is 0 Å². The van der Waals surface area contributed by atoms with Crippen LogP contribution in [-0.2, 0) is 42.9 Å². The Hall–Kier alpha value is -4.25. The molecule has 1 fully saturated rings. The first-order valence-corrected chi connectivity index (χ1v) is 13.7. The van der Waals surface area contributed by atoms with Crippen molar-refractivity contribution in [1.29, 1.82) is 0 Å². The Morgan fingerprint density at radius 2 is 1.38 bits per heavy atom. The van der Waals surface area contributed by atoms with Crippen molar-refractivity contribution >= 4 is 30.2 Å². The van der Waals surface area contributed by atoms with Gasteiger partial charge in [-0.25, -0.2) is 0 Å². The fourth-order valence-electron chi connectivity index (χ4n) is 4.62. The quantitative estimate of drug-likeness (QED) is 0.154. The minimum absolute atomic E-state index is 0.309. The molecule has 0 N–H and O–H groups in total. The zero-order valence-corrected chi connectivity index (χ0v) is 24.3. The van der Waals surface area contributed by atoms with Crippen LogP contribution in [0.3, 0.4) is 0 Å². The SMILES string of the molecule is CCCCOc1cc(-c2ccc([C@@H]3OC(COC(C)=O)[C@@H](OC(C)=O)C(OC(C)=O)C3OC(C)=O)cc2)ccc1C=O. The number of benzene rings is 2. The highest BCUT2D eigenvalue weighted by atomic mass is 16.7. The smallest absolute Gasteiger partial charge is 0.303 e. The molecule has 0 bridgehead atoms. The van der Waals surface area contributed by atoms with E-state index in [4.69, 9.17) is 28.4 Å². The highest BCUT2D eigenvalue weighted by molar-refractivity contribution is 5.82. The molecular formula is C31H36O11. The van der Waals surface area contributed by atoms with E-state index in [1.165, 1.54) is 27.7 Å². The topological polar surface area (TPSA) is 141 Å². The van der Waals surface area contributed by atoms with Crippen LogP contribution in [0.15, 0.2) is 42.5 Å². The maximum absolute atomic E-state index is 12.1. The molecule has 1 aliphatic heterocycles. The number of hydrogen-bond donors (Lipinski definition) is 0. The highest BCUT2D eigenvalue weighted by Crippen LogP contribution is 2.38. The van der Waals surface area contributed by atoms with Gasteiger partial charge < -0.3 is 28.4 Å². The van der Waals surface area contributed by atoms with Crippen LogP contribution in [0.2, 0.25) is 0 Å². The summed E-state index contributed by atoms with van der Waals surface area (Å²) in [5.41, 5.74) is 2.62. The molecule has 3 unspecified atom stereocenters. The van der Waals surface area contributed by atoms with Crippen molar-refractivity contribution < 1.29 is 52.4 Å². The molecule has 0 aliphatic carbocycles. The zero-order valence-electron chi connectivity index (χ0n) is 24.3. The number of unbranched alkanes of at least 4 members (excludes halogenated alkanes) is 1. The van der Waals surface area contributed by atoms with Crippen LogP contribution in [0.5, 0.6) is 5.75 Å². The molecule has 3 rings (SSSR count). The number of esters is 4. The highest BCUT2D eigenvalue weighted by Gasteiger charge is 2.52. The summed E-state index contributed by atoms with van der Waals surface area (Å²) in [4.78, 5) is 59.3. The Morgan fingerprint density at radius 3 is 1.95 bits per heavy atom. The monoisotopic (exact) mass is 584 g/mol. The molecule has 11 nitrogen and oxygen atoms in total. The van der Waals surface area contributed by atoms with Gasteiger partial charge in [0.1, 0.15) is 24.6 Å². The standard InChI is InChI=1S/C31H36O11/c1-6-7-14-37-26-15-24(12-13-25(26)16-32)22-8-10-23(11-9-22)28-30(40-20(4)35)31(41-21(5)36)29(39-19(3)34)27(42-28)17-38-18(2)33/h8-13,15-16,27-31H,6-7,14,17H2,1-5H3/t27?,28-,29+,30?,31?/m0/s1. The molecule has 0 spiro atoms. The minimum atomic E-state index is -1.26. The van der Waals surface area contributed by atoms with Crippen molar-refractivity contribution in [3.8, 4) is 16.9 Å². The molecule has 2 aromatic rings. The maximum Gasteiger partial charge on any atom is 0.303 e. The maximum atomic E-state index is 12.1. The van der Waals surface area contributed by atoms with E-state index in [0.717, 1.165) is 30.3 Å². The van der Waals surface area contributed by atoms with Crippen LogP contribution < -0.4 is 4.74 Å². The lowest BCUT2D eigenvalue weighted by atomic mass is 9.89. The van der Waals surface area contributed by atoms with Crippen LogP contribution >= 0.6 is 0 Å². The van der Waals surface area contributed by atoms with Crippen molar-refractivity contribution in [2.75, 3.05) is 13.2 Å². The van der Waals surface area contributed by atoms with E-state index in [1.807, 2.05) is 19.1 Å². The third-order valence-corrected chi connectivity index (χ3v) is 6.46. The van der Waals surface area contributed by atoms with E-state index in [2.05, 4.69) is 0 Å². The number of hydrogen-bond acceptors (Lipinski definition) is 11. The third kappa shape index (κ3) is 8.62. The van der Waals surface area contributed by atoms with E-state index in [9.17, 15) is 24.0 Å². The first-order valence-electron chi connectivity index (χ1n) is 13.7. The summed E-state index contributed by atoms with van der Waals surface area (Å²) in [5, 5.41) is 0. The lowest BCUT2D eigenvalue weighted by Crippen LogP contribution is -2.59. The average Bonchev–Trinajstić information content (AvgIpc) is 2.93. The van der Waals surface area contributed by atoms with Crippen molar-refractivity contribution in [2.24, 2.45) is 0 Å². The summed E-state index contributed by atoms with van der Waals surface area (Å²) < 4.78 is 33.7. The number of carbonyl (C=O) groups is 5. The number of ether oxygens (including phenoxy) is 6. The van der Waals surface area contributed by atoms with Crippen LogP contribution in [0.1, 0.15) is 69.5 Å². The van der Waals surface area contributed by atoms with Crippen molar-refractivity contribution in [2.45, 2.75) is 78.0 Å². The number of carbonyl (C=O) groups excluding carboxylic acids is 5. The molecule has 42 heavy (non-hydrogen) atoms. The molecule has 0 amide bonds. The van der Waals surface area contributed by atoms with Crippen molar-refractivity contribution in [3.63, 3.8) is 0 Å². The van der Waals surface area contributed by atoms with Gasteiger partial charge in [0.05, 0.1) is 12.2 Å². The first kappa shape index (κ1) is 32.3. The fraction of sp³-hybridized carbons (Fsp3) is 0.452. The Bertz CT molecular complexity index is 1270. The minimum Gasteiger partial charge on any atom is -0.493 e. The summed E-state index contributed by atoms with van der Waals surface area (Å²) in [7, 11) is 0. The van der Waals surface area contributed by atoms with Crippen molar-refractivity contribution in [3.05, 3.63) is 53.6 Å². The second kappa shape index (κ2) is 15.1. The summed E-state index contributed by atoms with van der Waals surface area (Å²) in [5.74, 6) is -2.18. The van der Waals surface area contributed by atoms with E-state index in [-0.39, 0.29) is 6.61 Å². The number of aldehydes is 1. The predicted molar refractivity (Wildman–Crippen MR) is 149 cm³/mol. The molecule has 1 heterocycles. The van der Waals surface area contributed by atoms with E-state index in [1.54, 1.807) is 30.3 Å². The molecule has 226 valence electrons. The van der Waals surface area contributed by atoms with Gasteiger partial charge in [0.15, 0.2) is 24.6 Å². The summed E-state index contributed by atoms with van der Waals surface area (Å²) in [6.07, 6.45) is -3.15. The average molecular weight is 585 g/mol. The fourth-order valence-corrected chi connectivity index (χ4v) is 4.62. The van der Waals surface area contributed by atoms with Crippen LogP contribution in [0.4, 0.5) is 0 Å². The molecule has 0 radical (unpaired) electrons. The molecule has 2 aromatic carbocycles. The molecule has 1 aliphatic rings. The molecule has 1 saturated heterocycles. The second-order valence-electron chi connectivity index (χ2n) is 9.81. The van der Waals surface area contributed by atoms with E-state index >= 15 is 0 Å². The van der Waals surface area contributed by atoms with Crippen molar-refractivity contribution in [1.82, 2.24) is 0 Å². The van der Waals surface area contributed by atoms with Gasteiger partial charge in [-0.1, -0.05) is 43.7 Å². The van der Waals surface area contributed by atoms with Gasteiger partial charge in [-0.3, -0.25) is 24.0 Å². The van der Waals surface area contributed by atoms with Crippen LogP contribution in [-0.4, -0.2) is 67.8 Å². The second-order valence-corrected chi connectivity index (χ2v) is 9.81. The molecule has 0 aromatic heterocycles. The lowest BCUT2D eigenvalue weighted by Gasteiger charge is -2.44. The lowest BCUT2D eigenvalue weighted by molar-refractivity contribution is -0.254. The Labute approximate surface area is 244 Å². The first-order chi connectivity index (χ1) is 20.0. The Kier molecular flexibility index (Phi) is 11.6. The van der Waals surface area contributed by atoms with Gasteiger partial charge >= 0.3 is 23.9 Å². The van der Waals surface area contributed by atoms with Gasteiger partial charge in [0.25, 0.3) is 0 Å².